The summed E-state index contributed by atoms with van der Waals surface area (Å²) >= 11 is 5.98. The summed E-state index contributed by atoms with van der Waals surface area (Å²) in [6.45, 7) is 4.15. The number of hydrogen-bond donors (Lipinski definition) is 1. The van der Waals surface area contributed by atoms with Crippen LogP contribution in [0.1, 0.15) is 32.1 Å². The first kappa shape index (κ1) is 15.1. The summed E-state index contributed by atoms with van der Waals surface area (Å²) in [6, 6.07) is 9.05. The van der Waals surface area contributed by atoms with E-state index in [9.17, 15) is 0 Å². The van der Waals surface area contributed by atoms with Crippen molar-refractivity contribution in [1.82, 2.24) is 10.2 Å². The average Bonchev–Trinajstić information content (AvgIpc) is 3.02. The molecular formula is C17H25ClN2O. The summed E-state index contributed by atoms with van der Waals surface area (Å²) < 4.78 is 5.85. The Morgan fingerprint density at radius 1 is 1.24 bits per heavy atom. The van der Waals surface area contributed by atoms with Gasteiger partial charge >= 0.3 is 0 Å². The molecule has 2 fully saturated rings. The van der Waals surface area contributed by atoms with Crippen molar-refractivity contribution in [3.63, 3.8) is 0 Å². The normalized spacial score (nSPS) is 26.9. The number of likely N-dealkylation sites (tertiary alicyclic amines) is 1. The van der Waals surface area contributed by atoms with Gasteiger partial charge in [0.1, 0.15) is 12.4 Å². The van der Waals surface area contributed by atoms with E-state index in [-0.39, 0.29) is 0 Å². The zero-order chi connectivity index (χ0) is 14.5. The first-order chi connectivity index (χ1) is 10.3. The van der Waals surface area contributed by atoms with Gasteiger partial charge in [-0.3, -0.25) is 4.90 Å². The average molecular weight is 309 g/mol. The Balaban J connectivity index is 1.50. The maximum Gasteiger partial charge on any atom is 0.120 e. The molecule has 3 nitrogen and oxygen atoms in total. The molecule has 1 aromatic rings. The van der Waals surface area contributed by atoms with Crippen molar-refractivity contribution >= 4 is 11.6 Å². The molecule has 4 heteroatoms. The van der Waals surface area contributed by atoms with E-state index in [0.29, 0.717) is 12.1 Å². The molecule has 0 amide bonds. The fourth-order valence-corrected chi connectivity index (χ4v) is 3.81. The highest BCUT2D eigenvalue weighted by atomic mass is 35.5. The second kappa shape index (κ2) is 7.48. The van der Waals surface area contributed by atoms with Gasteiger partial charge in [-0.05, 0) is 57.0 Å². The van der Waals surface area contributed by atoms with Crippen molar-refractivity contribution in [1.29, 1.82) is 0 Å². The molecule has 21 heavy (non-hydrogen) atoms. The molecule has 3 rings (SSSR count). The Morgan fingerprint density at radius 2 is 2.19 bits per heavy atom. The fourth-order valence-electron chi connectivity index (χ4n) is 3.63. The van der Waals surface area contributed by atoms with Crippen LogP contribution < -0.4 is 10.1 Å². The van der Waals surface area contributed by atoms with Crippen LogP contribution in [0.25, 0.3) is 0 Å². The van der Waals surface area contributed by atoms with Crippen LogP contribution in [-0.2, 0) is 0 Å². The van der Waals surface area contributed by atoms with Crippen LogP contribution in [0.4, 0.5) is 0 Å². The van der Waals surface area contributed by atoms with Crippen molar-refractivity contribution in [3.05, 3.63) is 29.3 Å². The van der Waals surface area contributed by atoms with Gasteiger partial charge in [-0.1, -0.05) is 24.1 Å². The van der Waals surface area contributed by atoms with Gasteiger partial charge in [-0.25, -0.2) is 0 Å². The van der Waals surface area contributed by atoms with Crippen LogP contribution in [0.5, 0.6) is 5.75 Å². The molecule has 116 valence electrons. The van der Waals surface area contributed by atoms with E-state index in [4.69, 9.17) is 16.3 Å². The van der Waals surface area contributed by atoms with Crippen molar-refractivity contribution < 1.29 is 4.74 Å². The predicted molar refractivity (Wildman–Crippen MR) is 87.2 cm³/mol. The lowest BCUT2D eigenvalue weighted by Crippen LogP contribution is -2.51. The summed E-state index contributed by atoms with van der Waals surface area (Å²) in [4.78, 5) is 2.62. The molecule has 2 saturated heterocycles. The van der Waals surface area contributed by atoms with E-state index < -0.39 is 0 Å². The van der Waals surface area contributed by atoms with Crippen molar-refractivity contribution in [2.75, 3.05) is 26.2 Å². The zero-order valence-electron chi connectivity index (χ0n) is 12.6. The Hall–Kier alpha value is -0.770. The van der Waals surface area contributed by atoms with Gasteiger partial charge in [-0.2, -0.15) is 0 Å². The smallest absolute Gasteiger partial charge is 0.120 e. The van der Waals surface area contributed by atoms with Gasteiger partial charge in [-0.15, -0.1) is 0 Å². The van der Waals surface area contributed by atoms with Crippen molar-refractivity contribution in [3.8, 4) is 5.75 Å². The standard InChI is InChI=1S/C17H25ClN2O/c18-14-5-3-6-15(13-14)21-12-11-20-10-2-1-8-17(20)16-7-4-9-19-16/h3,5-6,13,16-17,19H,1-2,4,7-12H2. The molecule has 2 atom stereocenters. The number of hydrogen-bond acceptors (Lipinski definition) is 3. The summed E-state index contributed by atoms with van der Waals surface area (Å²) in [7, 11) is 0. The number of rotatable bonds is 5. The third kappa shape index (κ3) is 4.12. The van der Waals surface area contributed by atoms with Crippen LogP contribution in [0.3, 0.4) is 0 Å². The number of nitrogens with one attached hydrogen (secondary N) is 1. The van der Waals surface area contributed by atoms with Gasteiger partial charge in [0.05, 0.1) is 0 Å². The van der Waals surface area contributed by atoms with Gasteiger partial charge in [0.25, 0.3) is 0 Å². The maximum atomic E-state index is 5.98. The van der Waals surface area contributed by atoms with Gasteiger partial charge < -0.3 is 10.1 Å². The molecule has 2 aliphatic heterocycles. The van der Waals surface area contributed by atoms with Crippen molar-refractivity contribution in [2.24, 2.45) is 0 Å². The fraction of sp³-hybridized carbons (Fsp3) is 0.647. The lowest BCUT2D eigenvalue weighted by Gasteiger charge is -2.39. The first-order valence-corrected chi connectivity index (χ1v) is 8.56. The SMILES string of the molecule is Clc1cccc(OCCN2CCCCC2C2CCCN2)c1. The molecule has 0 radical (unpaired) electrons. The second-order valence-corrected chi connectivity index (χ2v) is 6.54. The molecule has 0 bridgehead atoms. The minimum atomic E-state index is 0.691. The first-order valence-electron chi connectivity index (χ1n) is 8.19. The Kier molecular flexibility index (Phi) is 5.39. The number of piperidine rings is 1. The highest BCUT2D eigenvalue weighted by Crippen LogP contribution is 2.24. The van der Waals surface area contributed by atoms with Gasteiger partial charge in [0.15, 0.2) is 0 Å². The van der Waals surface area contributed by atoms with E-state index in [2.05, 4.69) is 10.2 Å². The van der Waals surface area contributed by atoms with Gasteiger partial charge in [0, 0.05) is 23.7 Å². The van der Waals surface area contributed by atoms with Crippen LogP contribution in [0.2, 0.25) is 5.02 Å². The number of benzene rings is 1. The van der Waals surface area contributed by atoms with E-state index in [1.54, 1.807) is 0 Å². The molecule has 2 aliphatic rings. The third-order valence-corrected chi connectivity index (χ3v) is 4.91. The molecule has 0 aromatic heterocycles. The summed E-state index contributed by atoms with van der Waals surface area (Å²) in [5.41, 5.74) is 0. The monoisotopic (exact) mass is 308 g/mol. The van der Waals surface area contributed by atoms with Crippen LogP contribution in [0, 0.1) is 0 Å². The largest absolute Gasteiger partial charge is 0.492 e. The molecule has 1 N–H and O–H groups in total. The predicted octanol–water partition coefficient (Wildman–Crippen LogP) is 3.33. The van der Waals surface area contributed by atoms with Crippen LogP contribution >= 0.6 is 11.6 Å². The Bertz CT molecular complexity index is 448. The minimum absolute atomic E-state index is 0.691. The maximum absolute atomic E-state index is 5.98. The van der Waals surface area contributed by atoms with E-state index in [1.165, 1.54) is 45.2 Å². The second-order valence-electron chi connectivity index (χ2n) is 6.11. The highest BCUT2D eigenvalue weighted by molar-refractivity contribution is 6.30. The number of nitrogens with zero attached hydrogens (tertiary/aromatic N) is 1. The van der Waals surface area contributed by atoms with E-state index in [0.717, 1.165) is 23.9 Å². The van der Waals surface area contributed by atoms with E-state index in [1.807, 2.05) is 24.3 Å². The summed E-state index contributed by atoms with van der Waals surface area (Å²) in [5.74, 6) is 0.870. The number of ether oxygens (including phenoxy) is 1. The topological polar surface area (TPSA) is 24.5 Å². The molecule has 2 heterocycles. The molecular weight excluding hydrogens is 284 g/mol. The third-order valence-electron chi connectivity index (χ3n) is 4.67. The summed E-state index contributed by atoms with van der Waals surface area (Å²) in [6.07, 6.45) is 6.67. The van der Waals surface area contributed by atoms with E-state index >= 15 is 0 Å². The lowest BCUT2D eigenvalue weighted by atomic mass is 9.94. The molecule has 2 unspecified atom stereocenters. The summed E-state index contributed by atoms with van der Waals surface area (Å²) in [5, 5.41) is 4.41. The quantitative estimate of drug-likeness (QED) is 0.903. The van der Waals surface area contributed by atoms with Crippen LogP contribution in [-0.4, -0.2) is 43.2 Å². The molecule has 0 saturated carbocycles. The Morgan fingerprint density at radius 3 is 3.00 bits per heavy atom. The lowest BCUT2D eigenvalue weighted by molar-refractivity contribution is 0.101. The number of halogens is 1. The van der Waals surface area contributed by atoms with Crippen molar-refractivity contribution in [2.45, 2.75) is 44.2 Å². The van der Waals surface area contributed by atoms with Crippen LogP contribution in [0.15, 0.2) is 24.3 Å². The molecule has 1 aromatic carbocycles. The van der Waals surface area contributed by atoms with Gasteiger partial charge in [0.2, 0.25) is 0 Å². The minimum Gasteiger partial charge on any atom is -0.492 e. The highest BCUT2D eigenvalue weighted by Gasteiger charge is 2.31. The molecule has 0 spiro atoms. The molecule has 0 aliphatic carbocycles. The zero-order valence-corrected chi connectivity index (χ0v) is 13.3. The Labute approximate surface area is 132 Å².